The van der Waals surface area contributed by atoms with Gasteiger partial charge in [-0.1, -0.05) is 19.3 Å². The van der Waals surface area contributed by atoms with E-state index in [1.54, 1.807) is 0 Å². The Balaban J connectivity index is 1.94. The smallest absolute Gasteiger partial charge is 0.246 e. The summed E-state index contributed by atoms with van der Waals surface area (Å²) in [5.74, 6) is -4.46. The Morgan fingerprint density at radius 2 is 1.88 bits per heavy atom. The van der Waals surface area contributed by atoms with Gasteiger partial charge in [0, 0.05) is 12.6 Å². The average molecular weight is 356 g/mol. The first-order chi connectivity index (χ1) is 12.0. The van der Waals surface area contributed by atoms with Gasteiger partial charge in [-0.05, 0) is 31.9 Å². The van der Waals surface area contributed by atoms with Crippen molar-refractivity contribution in [1.29, 1.82) is 0 Å². The van der Waals surface area contributed by atoms with Gasteiger partial charge in [-0.3, -0.25) is 4.79 Å². The summed E-state index contributed by atoms with van der Waals surface area (Å²) in [6, 6.07) is 2.05. The first-order valence-electron chi connectivity index (χ1n) is 8.49. The molecular weight excluding hydrogens is 333 g/mol. The third-order valence-corrected chi connectivity index (χ3v) is 3.98. The second-order valence-corrected chi connectivity index (χ2v) is 5.95. The minimum atomic E-state index is -1.62. The van der Waals surface area contributed by atoms with Crippen LogP contribution in [0.25, 0.3) is 0 Å². The van der Waals surface area contributed by atoms with E-state index in [-0.39, 0.29) is 6.54 Å². The fourth-order valence-electron chi connectivity index (χ4n) is 2.72. The van der Waals surface area contributed by atoms with Crippen molar-refractivity contribution in [3.05, 3.63) is 29.6 Å². The van der Waals surface area contributed by atoms with Gasteiger partial charge in [-0.15, -0.1) is 0 Å². The Bertz CT molecular complexity index is 631. The number of carbonyl (C=O) groups excluding carboxylic acids is 1. The summed E-state index contributed by atoms with van der Waals surface area (Å²) in [6.45, 7) is 2.28. The van der Waals surface area contributed by atoms with Crippen LogP contribution in [0.1, 0.15) is 39.0 Å². The Morgan fingerprint density at radius 1 is 1.16 bits per heavy atom. The van der Waals surface area contributed by atoms with Gasteiger partial charge in [0.05, 0.1) is 5.69 Å². The summed E-state index contributed by atoms with van der Waals surface area (Å²) in [5.41, 5.74) is -0.413. The van der Waals surface area contributed by atoms with Crippen LogP contribution in [0, 0.1) is 17.5 Å². The summed E-state index contributed by atoms with van der Waals surface area (Å²) < 4.78 is 39.6. The van der Waals surface area contributed by atoms with Gasteiger partial charge in [-0.2, -0.15) is 0 Å². The van der Waals surface area contributed by atoms with Crippen molar-refractivity contribution >= 4 is 17.6 Å². The monoisotopic (exact) mass is 356 g/mol. The number of halogens is 3. The van der Waals surface area contributed by atoms with E-state index < -0.39 is 29.0 Å². The number of nitrogens with one attached hydrogen (secondary N) is 3. The third kappa shape index (κ3) is 5.65. The van der Waals surface area contributed by atoms with Crippen LogP contribution in [-0.4, -0.2) is 31.0 Å². The Morgan fingerprint density at radius 3 is 2.56 bits per heavy atom. The van der Waals surface area contributed by atoms with Crippen LogP contribution in [0.15, 0.2) is 17.1 Å². The first kappa shape index (κ1) is 19.1. The lowest BCUT2D eigenvalue weighted by atomic mass is 9.96. The summed E-state index contributed by atoms with van der Waals surface area (Å²) in [6.07, 6.45) is 5.65. The number of amides is 1. The lowest BCUT2D eigenvalue weighted by molar-refractivity contribution is -0.114. The lowest BCUT2D eigenvalue weighted by Crippen LogP contribution is -2.44. The average Bonchev–Trinajstić information content (AvgIpc) is 2.61. The fraction of sp³-hybridized carbons (Fsp3) is 0.529. The quantitative estimate of drug-likeness (QED) is 0.432. The van der Waals surface area contributed by atoms with Gasteiger partial charge in [0.2, 0.25) is 5.91 Å². The van der Waals surface area contributed by atoms with Crippen LogP contribution < -0.4 is 16.0 Å². The summed E-state index contributed by atoms with van der Waals surface area (Å²) in [5, 5.41) is 8.53. The molecule has 0 aliphatic heterocycles. The number of aliphatic imine (C=N–C) groups is 1. The summed E-state index contributed by atoms with van der Waals surface area (Å²) >= 11 is 0. The number of hydrogen-bond donors (Lipinski definition) is 3. The van der Waals surface area contributed by atoms with E-state index in [0.29, 0.717) is 18.5 Å². The van der Waals surface area contributed by atoms with Gasteiger partial charge < -0.3 is 16.0 Å². The van der Waals surface area contributed by atoms with E-state index in [2.05, 4.69) is 20.9 Å². The molecule has 138 valence electrons. The molecule has 0 unspecified atom stereocenters. The second kappa shape index (κ2) is 9.29. The lowest BCUT2D eigenvalue weighted by Gasteiger charge is -2.24. The predicted molar refractivity (Wildman–Crippen MR) is 90.9 cm³/mol. The number of anilines is 1. The number of benzene rings is 1. The molecule has 25 heavy (non-hydrogen) atoms. The van der Waals surface area contributed by atoms with Gasteiger partial charge in [0.15, 0.2) is 23.4 Å². The SMILES string of the molecule is CCNC(=NCC(=O)Nc1ccc(F)c(F)c1F)NC1CCCCC1. The molecular formula is C17H23F3N4O. The number of rotatable bonds is 5. The highest BCUT2D eigenvalue weighted by atomic mass is 19.2. The Labute approximate surface area is 145 Å². The van der Waals surface area contributed by atoms with Crippen LogP contribution in [0.5, 0.6) is 0 Å². The Hall–Kier alpha value is -2.25. The standard InChI is InChI=1S/C17H23F3N4O/c1-2-21-17(23-11-6-4-3-5-7-11)22-10-14(25)24-13-9-8-12(18)15(19)16(13)20/h8-9,11H,2-7,10H2,1H3,(H,24,25)(H2,21,22,23). The zero-order valence-corrected chi connectivity index (χ0v) is 14.2. The van der Waals surface area contributed by atoms with E-state index >= 15 is 0 Å². The molecule has 2 rings (SSSR count). The minimum Gasteiger partial charge on any atom is -0.357 e. The molecule has 0 saturated heterocycles. The van der Waals surface area contributed by atoms with E-state index in [1.807, 2.05) is 6.92 Å². The molecule has 0 radical (unpaired) electrons. The molecule has 1 aliphatic rings. The van der Waals surface area contributed by atoms with Gasteiger partial charge in [0.25, 0.3) is 0 Å². The Kier molecular flexibility index (Phi) is 7.09. The molecule has 0 bridgehead atoms. The molecule has 0 heterocycles. The molecule has 1 amide bonds. The van der Waals surface area contributed by atoms with Crippen molar-refractivity contribution < 1.29 is 18.0 Å². The topological polar surface area (TPSA) is 65.5 Å². The van der Waals surface area contributed by atoms with E-state index in [4.69, 9.17) is 0 Å². The molecule has 5 nitrogen and oxygen atoms in total. The van der Waals surface area contributed by atoms with Crippen LogP contribution >= 0.6 is 0 Å². The fourth-order valence-corrected chi connectivity index (χ4v) is 2.72. The molecule has 3 N–H and O–H groups in total. The third-order valence-electron chi connectivity index (χ3n) is 3.98. The number of guanidine groups is 1. The molecule has 1 saturated carbocycles. The van der Waals surface area contributed by atoms with Gasteiger partial charge in [-0.25, -0.2) is 18.2 Å². The molecule has 1 fully saturated rings. The van der Waals surface area contributed by atoms with Crippen LogP contribution in [0.3, 0.4) is 0 Å². The second-order valence-electron chi connectivity index (χ2n) is 5.95. The van der Waals surface area contributed by atoms with Gasteiger partial charge in [0.1, 0.15) is 6.54 Å². The highest BCUT2D eigenvalue weighted by Gasteiger charge is 2.16. The highest BCUT2D eigenvalue weighted by molar-refractivity contribution is 5.94. The maximum atomic E-state index is 13.6. The number of nitrogens with zero attached hydrogens (tertiary/aromatic N) is 1. The van der Waals surface area contributed by atoms with Crippen molar-refractivity contribution in [1.82, 2.24) is 10.6 Å². The van der Waals surface area contributed by atoms with Crippen molar-refractivity contribution in [2.24, 2.45) is 4.99 Å². The van der Waals surface area contributed by atoms with E-state index in [0.717, 1.165) is 37.8 Å². The van der Waals surface area contributed by atoms with Crippen molar-refractivity contribution in [2.45, 2.75) is 45.1 Å². The van der Waals surface area contributed by atoms with Gasteiger partial charge >= 0.3 is 0 Å². The maximum Gasteiger partial charge on any atom is 0.246 e. The number of hydrogen-bond acceptors (Lipinski definition) is 2. The molecule has 0 aromatic heterocycles. The summed E-state index contributed by atoms with van der Waals surface area (Å²) in [7, 11) is 0. The molecule has 0 atom stereocenters. The largest absolute Gasteiger partial charge is 0.357 e. The van der Waals surface area contributed by atoms with Crippen LogP contribution in [-0.2, 0) is 4.79 Å². The van der Waals surface area contributed by atoms with Crippen LogP contribution in [0.2, 0.25) is 0 Å². The highest BCUT2D eigenvalue weighted by Crippen LogP contribution is 2.19. The molecule has 1 aliphatic carbocycles. The number of carbonyl (C=O) groups is 1. The zero-order valence-electron chi connectivity index (χ0n) is 14.2. The normalized spacial score (nSPS) is 15.8. The first-order valence-corrected chi connectivity index (χ1v) is 8.49. The van der Waals surface area contributed by atoms with Crippen molar-refractivity contribution in [3.8, 4) is 0 Å². The van der Waals surface area contributed by atoms with Crippen molar-refractivity contribution in [2.75, 3.05) is 18.4 Å². The summed E-state index contributed by atoms with van der Waals surface area (Å²) in [4.78, 5) is 16.1. The van der Waals surface area contributed by atoms with Crippen molar-refractivity contribution in [3.63, 3.8) is 0 Å². The van der Waals surface area contributed by atoms with E-state index in [1.165, 1.54) is 6.42 Å². The molecule has 0 spiro atoms. The molecule has 8 heteroatoms. The minimum absolute atomic E-state index is 0.263. The molecule has 1 aromatic carbocycles. The molecule has 1 aromatic rings. The predicted octanol–water partition coefficient (Wildman–Crippen LogP) is 2.93. The van der Waals surface area contributed by atoms with E-state index in [9.17, 15) is 18.0 Å². The van der Waals surface area contributed by atoms with Crippen LogP contribution in [0.4, 0.5) is 18.9 Å². The maximum absolute atomic E-state index is 13.6. The zero-order chi connectivity index (χ0) is 18.2.